The number of sulfone groups is 1. The highest BCUT2D eigenvalue weighted by Crippen LogP contribution is 2.47. The van der Waals surface area contributed by atoms with Crippen LogP contribution in [0.3, 0.4) is 0 Å². The van der Waals surface area contributed by atoms with Gasteiger partial charge in [-0.2, -0.15) is 0 Å². The Balaban J connectivity index is 1.68. The lowest BCUT2D eigenvalue weighted by Crippen LogP contribution is -2.11. The molecule has 2 heterocycles. The molecule has 1 N–H and O–H groups in total. The van der Waals surface area contributed by atoms with Gasteiger partial charge in [-0.05, 0) is 78.4 Å². The van der Waals surface area contributed by atoms with Gasteiger partial charge in [0.15, 0.2) is 0 Å². The number of fused-ring (bicyclic) bond motifs is 5. The van der Waals surface area contributed by atoms with E-state index >= 15 is 0 Å². The van der Waals surface area contributed by atoms with Gasteiger partial charge >= 0.3 is 5.97 Å². The van der Waals surface area contributed by atoms with Crippen molar-refractivity contribution in [3.8, 4) is 17.0 Å². The van der Waals surface area contributed by atoms with Crippen LogP contribution in [-0.2, 0) is 16.4 Å². The van der Waals surface area contributed by atoms with Crippen LogP contribution in [0.5, 0.6) is 5.75 Å². The van der Waals surface area contributed by atoms with Crippen LogP contribution < -0.4 is 4.74 Å². The van der Waals surface area contributed by atoms with Crippen molar-refractivity contribution in [3.63, 3.8) is 0 Å². The first kappa shape index (κ1) is 24.5. The molecule has 0 atom stereocenters. The van der Waals surface area contributed by atoms with Crippen molar-refractivity contribution in [2.24, 2.45) is 0 Å². The number of nitrogens with zero attached hydrogens (tertiary/aromatic N) is 1. The standard InChI is InChI=1S/C31H29NO5S/c1-37-23-13-15-26-22(16-23)17-25(38(35,36)24-10-6-3-7-11-24)19-32-28-18-21(31(33)34)12-14-27(28)29(30(26)32)20-8-4-2-5-9-20/h3,6-7,10-18,20H,2,4-5,8-9,19H2,1H3,(H,33,34). The molecule has 1 fully saturated rings. The average Bonchev–Trinajstić information content (AvgIpc) is 3.15. The van der Waals surface area contributed by atoms with Crippen LogP contribution in [0.15, 0.2) is 76.5 Å². The van der Waals surface area contributed by atoms with E-state index in [0.717, 1.165) is 53.4 Å². The molecule has 194 valence electrons. The zero-order valence-electron chi connectivity index (χ0n) is 21.2. The zero-order valence-corrected chi connectivity index (χ0v) is 22.0. The van der Waals surface area contributed by atoms with Crippen LogP contribution in [0.4, 0.5) is 0 Å². The molecule has 0 unspecified atom stereocenters. The van der Waals surface area contributed by atoms with Gasteiger partial charge in [-0.3, -0.25) is 0 Å². The fraction of sp³-hybridized carbons (Fsp3) is 0.258. The second-order valence-corrected chi connectivity index (χ2v) is 12.1. The molecule has 0 amide bonds. The fourth-order valence-corrected chi connectivity index (χ4v) is 7.46. The molecule has 6 nitrogen and oxygen atoms in total. The van der Waals surface area contributed by atoms with Gasteiger partial charge in [-0.25, -0.2) is 13.2 Å². The van der Waals surface area contributed by atoms with E-state index in [1.165, 1.54) is 12.0 Å². The molecule has 7 heteroatoms. The smallest absolute Gasteiger partial charge is 0.335 e. The van der Waals surface area contributed by atoms with Gasteiger partial charge < -0.3 is 14.4 Å². The molecule has 0 spiro atoms. The number of benzene rings is 3. The second-order valence-electron chi connectivity index (χ2n) is 10.1. The van der Waals surface area contributed by atoms with Gasteiger partial charge in [0.1, 0.15) is 5.75 Å². The number of hydrogen-bond donors (Lipinski definition) is 1. The number of allylic oxidation sites excluding steroid dienone is 1. The fourth-order valence-electron chi connectivity index (χ4n) is 6.06. The summed E-state index contributed by atoms with van der Waals surface area (Å²) >= 11 is 0. The Hall–Kier alpha value is -3.84. The van der Waals surface area contributed by atoms with Gasteiger partial charge in [-0.15, -0.1) is 0 Å². The molecular formula is C31H29NO5S. The van der Waals surface area contributed by atoms with E-state index < -0.39 is 15.8 Å². The zero-order chi connectivity index (χ0) is 26.4. The quantitative estimate of drug-likeness (QED) is 0.305. The Morgan fingerprint density at radius 2 is 1.74 bits per heavy atom. The number of methoxy groups -OCH3 is 1. The number of carboxylic acid groups (broad SMARTS) is 1. The molecule has 3 aromatic carbocycles. The predicted molar refractivity (Wildman–Crippen MR) is 148 cm³/mol. The lowest BCUT2D eigenvalue weighted by molar-refractivity contribution is 0.0697. The molecule has 2 aliphatic rings. The maximum Gasteiger partial charge on any atom is 0.335 e. The van der Waals surface area contributed by atoms with Crippen molar-refractivity contribution >= 4 is 32.8 Å². The van der Waals surface area contributed by atoms with E-state index in [-0.39, 0.29) is 21.9 Å². The molecule has 4 aromatic rings. The minimum atomic E-state index is -3.82. The molecule has 6 rings (SSSR count). The van der Waals surface area contributed by atoms with Crippen molar-refractivity contribution < 1.29 is 23.1 Å². The third kappa shape index (κ3) is 4.02. The summed E-state index contributed by atoms with van der Waals surface area (Å²) in [4.78, 5) is 12.4. The Morgan fingerprint density at radius 3 is 2.45 bits per heavy atom. The summed E-state index contributed by atoms with van der Waals surface area (Å²) in [5, 5.41) is 10.8. The number of aromatic nitrogens is 1. The van der Waals surface area contributed by atoms with Crippen molar-refractivity contribution in [1.82, 2.24) is 4.57 Å². The Morgan fingerprint density at radius 1 is 0.974 bits per heavy atom. The molecule has 0 radical (unpaired) electrons. The van der Waals surface area contributed by atoms with Gasteiger partial charge in [-0.1, -0.05) is 43.5 Å². The number of carboxylic acids is 1. The molecule has 1 aliphatic carbocycles. The Bertz CT molecular complexity index is 1690. The van der Waals surface area contributed by atoms with E-state index in [0.29, 0.717) is 11.7 Å². The first-order chi connectivity index (χ1) is 18.4. The van der Waals surface area contributed by atoms with E-state index in [1.54, 1.807) is 55.7 Å². The number of aromatic carboxylic acids is 1. The van der Waals surface area contributed by atoms with Gasteiger partial charge in [0.25, 0.3) is 0 Å². The van der Waals surface area contributed by atoms with E-state index in [4.69, 9.17) is 4.74 Å². The lowest BCUT2D eigenvalue weighted by atomic mass is 9.81. The first-order valence-corrected chi connectivity index (χ1v) is 14.5. The maximum atomic E-state index is 13.9. The highest BCUT2D eigenvalue weighted by molar-refractivity contribution is 7.95. The summed E-state index contributed by atoms with van der Waals surface area (Å²) in [7, 11) is -2.22. The predicted octanol–water partition coefficient (Wildman–Crippen LogP) is 6.89. The molecule has 0 saturated heterocycles. The summed E-state index contributed by atoms with van der Waals surface area (Å²) in [6.45, 7) is 0.107. The average molecular weight is 528 g/mol. The van der Waals surface area contributed by atoms with Gasteiger partial charge in [0, 0.05) is 16.5 Å². The van der Waals surface area contributed by atoms with Crippen LogP contribution in [0.1, 0.15) is 59.5 Å². The van der Waals surface area contributed by atoms with Crippen molar-refractivity contribution in [2.45, 2.75) is 49.5 Å². The number of ether oxygens (including phenoxy) is 1. The van der Waals surface area contributed by atoms with Crippen LogP contribution in [0.25, 0.3) is 28.2 Å². The van der Waals surface area contributed by atoms with E-state index in [2.05, 4.69) is 0 Å². The van der Waals surface area contributed by atoms with Crippen LogP contribution in [0.2, 0.25) is 0 Å². The molecule has 0 bridgehead atoms. The van der Waals surface area contributed by atoms with Crippen molar-refractivity contribution in [1.29, 1.82) is 0 Å². The topological polar surface area (TPSA) is 85.6 Å². The van der Waals surface area contributed by atoms with E-state index in [1.807, 2.05) is 28.8 Å². The number of hydrogen-bond acceptors (Lipinski definition) is 4. The highest BCUT2D eigenvalue weighted by atomic mass is 32.2. The summed E-state index contributed by atoms with van der Waals surface area (Å²) in [6, 6.07) is 19.5. The number of carbonyl (C=O) groups is 1. The monoisotopic (exact) mass is 527 g/mol. The summed E-state index contributed by atoms with van der Waals surface area (Å²) in [6.07, 6.45) is 7.37. The molecule has 38 heavy (non-hydrogen) atoms. The first-order valence-electron chi connectivity index (χ1n) is 13.0. The summed E-state index contributed by atoms with van der Waals surface area (Å²) in [5.41, 5.74) is 4.80. The van der Waals surface area contributed by atoms with Gasteiger partial charge in [0.2, 0.25) is 9.84 Å². The maximum absolute atomic E-state index is 13.9. The Labute approximate surface area is 222 Å². The lowest BCUT2D eigenvalue weighted by Gasteiger charge is -2.24. The largest absolute Gasteiger partial charge is 0.497 e. The normalized spacial score (nSPS) is 15.9. The molecule has 1 saturated carbocycles. The second kappa shape index (κ2) is 9.48. The SMILES string of the molecule is COc1ccc2c(c1)C=C(S(=O)(=O)c1ccccc1)Cn1c-2c(C2CCCCC2)c2ccc(C(=O)O)cc21. The van der Waals surface area contributed by atoms with Crippen molar-refractivity contribution in [2.75, 3.05) is 7.11 Å². The third-order valence-electron chi connectivity index (χ3n) is 7.91. The molecule has 1 aromatic heterocycles. The highest BCUT2D eigenvalue weighted by Gasteiger charge is 2.32. The minimum Gasteiger partial charge on any atom is -0.497 e. The minimum absolute atomic E-state index is 0.107. The molecule has 1 aliphatic heterocycles. The van der Waals surface area contributed by atoms with Crippen LogP contribution >= 0.6 is 0 Å². The van der Waals surface area contributed by atoms with Crippen LogP contribution in [0, 0.1) is 0 Å². The van der Waals surface area contributed by atoms with Crippen molar-refractivity contribution in [3.05, 3.63) is 88.3 Å². The van der Waals surface area contributed by atoms with Crippen LogP contribution in [-0.4, -0.2) is 31.2 Å². The summed E-state index contributed by atoms with van der Waals surface area (Å²) in [5.74, 6) is -0.0399. The van der Waals surface area contributed by atoms with Gasteiger partial charge in [0.05, 0.1) is 34.7 Å². The third-order valence-corrected chi connectivity index (χ3v) is 9.74. The number of rotatable bonds is 5. The Kier molecular flexibility index (Phi) is 6.11. The van der Waals surface area contributed by atoms with E-state index in [9.17, 15) is 18.3 Å². The molecular weight excluding hydrogens is 498 g/mol. The summed E-state index contributed by atoms with van der Waals surface area (Å²) < 4.78 is 35.4.